The van der Waals surface area contributed by atoms with Crippen LogP contribution in [-0.2, 0) is 0 Å². The van der Waals surface area contributed by atoms with Crippen molar-refractivity contribution < 1.29 is 18.2 Å². The molecule has 1 aromatic rings. The molecule has 0 saturated heterocycles. The van der Waals surface area contributed by atoms with Gasteiger partial charge in [-0.3, -0.25) is 0 Å². The van der Waals surface area contributed by atoms with Crippen molar-refractivity contribution in [3.63, 3.8) is 0 Å². The SMILES string of the molecule is CC[N+](C)(CC)CC.O=C([O-])c1cccc(Br)c1OBr. The molecule has 0 unspecified atom stereocenters. The second-order valence-corrected chi connectivity index (χ2v) is 5.73. The van der Waals surface area contributed by atoms with Crippen LogP contribution in [0.2, 0.25) is 0 Å². The zero-order valence-corrected chi connectivity index (χ0v) is 15.5. The Morgan fingerprint density at radius 2 is 1.75 bits per heavy atom. The predicted octanol–water partition coefficient (Wildman–Crippen LogP) is 2.99. The van der Waals surface area contributed by atoms with E-state index >= 15 is 0 Å². The van der Waals surface area contributed by atoms with Crippen LogP contribution in [0.5, 0.6) is 5.75 Å². The van der Waals surface area contributed by atoms with Gasteiger partial charge in [0.25, 0.3) is 0 Å². The van der Waals surface area contributed by atoms with Crippen molar-refractivity contribution in [3.05, 3.63) is 28.2 Å². The highest BCUT2D eigenvalue weighted by atomic mass is 79.9. The van der Waals surface area contributed by atoms with Crippen LogP contribution in [0.1, 0.15) is 31.1 Å². The van der Waals surface area contributed by atoms with Crippen molar-refractivity contribution in [1.29, 1.82) is 0 Å². The van der Waals surface area contributed by atoms with Gasteiger partial charge in [0.2, 0.25) is 0 Å². The third-order valence-electron chi connectivity index (χ3n) is 3.55. The average Bonchev–Trinajstić information content (AvgIpc) is 2.46. The molecule has 0 bridgehead atoms. The van der Waals surface area contributed by atoms with E-state index < -0.39 is 5.97 Å². The Morgan fingerprint density at radius 3 is 2.00 bits per heavy atom. The summed E-state index contributed by atoms with van der Waals surface area (Å²) in [7, 11) is 2.29. The number of carboxylic acid groups (broad SMARTS) is 1. The van der Waals surface area contributed by atoms with Gasteiger partial charge in [-0.2, -0.15) is 0 Å². The number of carbonyl (C=O) groups is 1. The molecular weight excluding hydrogens is 390 g/mol. The van der Waals surface area contributed by atoms with Gasteiger partial charge in [0, 0.05) is 5.56 Å². The molecule has 114 valence electrons. The number of nitrogens with zero attached hydrogens (tertiary/aromatic N) is 1. The Kier molecular flexibility index (Phi) is 9.09. The van der Waals surface area contributed by atoms with Gasteiger partial charge in [-0.1, -0.05) is 6.07 Å². The van der Waals surface area contributed by atoms with Gasteiger partial charge in [0.15, 0.2) is 22.0 Å². The van der Waals surface area contributed by atoms with Crippen LogP contribution in [0.25, 0.3) is 0 Å². The number of hydrogen-bond donors (Lipinski definition) is 0. The molecule has 6 heteroatoms. The first-order valence-electron chi connectivity index (χ1n) is 6.47. The minimum atomic E-state index is -1.27. The van der Waals surface area contributed by atoms with Gasteiger partial charge in [0.05, 0.1) is 37.1 Å². The molecule has 20 heavy (non-hydrogen) atoms. The molecule has 0 aliphatic rings. The molecule has 0 amide bonds. The third kappa shape index (κ3) is 5.81. The number of para-hydroxylation sites is 1. The van der Waals surface area contributed by atoms with E-state index in [1.165, 1.54) is 30.2 Å². The lowest BCUT2D eigenvalue weighted by molar-refractivity contribution is -0.904. The van der Waals surface area contributed by atoms with Gasteiger partial charge >= 0.3 is 0 Å². The number of carboxylic acids is 1. The van der Waals surface area contributed by atoms with Gasteiger partial charge in [-0.15, -0.1) is 0 Å². The molecule has 0 atom stereocenters. The summed E-state index contributed by atoms with van der Waals surface area (Å²) in [5, 5.41) is 10.5. The summed E-state index contributed by atoms with van der Waals surface area (Å²) in [5.41, 5.74) is 0.00116. The minimum Gasteiger partial charge on any atom is -0.545 e. The quantitative estimate of drug-likeness (QED) is 0.701. The Labute approximate surface area is 137 Å². The standard InChI is InChI=1S/C7H4Br2O3.C7H18N/c8-5-3-1-2-4(7(10)11)6(5)12-9;1-5-8(4,6-2)7-3/h1-3H,(H,10,11);5-7H2,1-4H3/q;+1/p-1. The molecule has 0 heterocycles. The van der Waals surface area contributed by atoms with Crippen molar-refractivity contribution in [3.8, 4) is 5.75 Å². The summed E-state index contributed by atoms with van der Waals surface area (Å²) in [6, 6.07) is 4.66. The Bertz CT molecular complexity index is 426. The first-order valence-corrected chi connectivity index (χ1v) is 7.91. The maximum Gasteiger partial charge on any atom is 0.179 e. The lowest BCUT2D eigenvalue weighted by atomic mass is 10.2. The van der Waals surface area contributed by atoms with Gasteiger partial charge < -0.3 is 18.2 Å². The van der Waals surface area contributed by atoms with Gasteiger partial charge in [0.1, 0.15) is 0 Å². The topological polar surface area (TPSA) is 49.4 Å². The van der Waals surface area contributed by atoms with E-state index in [2.05, 4.69) is 63.8 Å². The highest BCUT2D eigenvalue weighted by molar-refractivity contribution is 9.10. The number of halogens is 2. The lowest BCUT2D eigenvalue weighted by Gasteiger charge is -2.30. The van der Waals surface area contributed by atoms with E-state index in [0.29, 0.717) is 4.47 Å². The minimum absolute atomic E-state index is 0.00116. The normalized spacial score (nSPS) is 10.5. The van der Waals surface area contributed by atoms with Gasteiger partial charge in [-0.25, -0.2) is 0 Å². The molecule has 4 nitrogen and oxygen atoms in total. The molecule has 0 fully saturated rings. The zero-order valence-electron chi connectivity index (χ0n) is 12.3. The molecule has 0 N–H and O–H groups in total. The maximum absolute atomic E-state index is 10.5. The van der Waals surface area contributed by atoms with Crippen LogP contribution in [0.4, 0.5) is 0 Å². The highest BCUT2D eigenvalue weighted by Crippen LogP contribution is 2.29. The van der Waals surface area contributed by atoms with Crippen LogP contribution in [0, 0.1) is 0 Å². The second kappa shape index (κ2) is 9.37. The number of hydrogen-bond acceptors (Lipinski definition) is 3. The number of aromatic carboxylic acids is 1. The maximum atomic E-state index is 10.5. The van der Waals surface area contributed by atoms with Crippen LogP contribution in [0.3, 0.4) is 0 Å². The Balaban J connectivity index is 0.000000396. The summed E-state index contributed by atoms with van der Waals surface area (Å²) >= 11 is 5.84. The number of carbonyl (C=O) groups excluding carboxylic acids is 1. The van der Waals surface area contributed by atoms with E-state index in [1.807, 2.05) is 0 Å². The number of benzene rings is 1. The summed E-state index contributed by atoms with van der Waals surface area (Å²) in [6.07, 6.45) is 0. The fraction of sp³-hybridized carbons (Fsp3) is 0.500. The molecule has 1 rings (SSSR count). The van der Waals surface area contributed by atoms with Gasteiger partial charge in [-0.05, 0) is 48.8 Å². The molecule has 0 aliphatic carbocycles. The molecule has 0 saturated carbocycles. The van der Waals surface area contributed by atoms with Crippen molar-refractivity contribution in [2.75, 3.05) is 26.7 Å². The lowest BCUT2D eigenvalue weighted by Crippen LogP contribution is -2.42. The number of rotatable bonds is 5. The van der Waals surface area contributed by atoms with E-state index in [1.54, 1.807) is 12.1 Å². The summed E-state index contributed by atoms with van der Waals surface area (Å²) in [4.78, 5) is 10.5. The largest absolute Gasteiger partial charge is 0.545 e. The van der Waals surface area contributed by atoms with Crippen molar-refractivity contribution >= 4 is 38.2 Å². The molecule has 0 spiro atoms. The van der Waals surface area contributed by atoms with E-state index in [-0.39, 0.29) is 11.3 Å². The fourth-order valence-corrected chi connectivity index (χ4v) is 2.43. The Morgan fingerprint density at radius 1 is 1.25 bits per heavy atom. The van der Waals surface area contributed by atoms with Crippen LogP contribution in [0.15, 0.2) is 22.7 Å². The molecular formula is C14H21Br2NO3. The van der Waals surface area contributed by atoms with Crippen molar-refractivity contribution in [1.82, 2.24) is 0 Å². The molecule has 0 radical (unpaired) electrons. The van der Waals surface area contributed by atoms with Crippen molar-refractivity contribution in [2.45, 2.75) is 20.8 Å². The first kappa shape index (κ1) is 19.4. The van der Waals surface area contributed by atoms with E-state index in [0.717, 1.165) is 0 Å². The van der Waals surface area contributed by atoms with E-state index in [9.17, 15) is 9.90 Å². The summed E-state index contributed by atoms with van der Waals surface area (Å²) in [5.74, 6) is -1.07. The summed E-state index contributed by atoms with van der Waals surface area (Å²) in [6.45, 7) is 10.5. The monoisotopic (exact) mass is 409 g/mol. The fourth-order valence-electron chi connectivity index (χ4n) is 1.42. The summed E-state index contributed by atoms with van der Waals surface area (Å²) < 4.78 is 6.45. The van der Waals surface area contributed by atoms with Crippen LogP contribution >= 0.6 is 32.2 Å². The van der Waals surface area contributed by atoms with Crippen molar-refractivity contribution in [2.24, 2.45) is 0 Å². The smallest absolute Gasteiger partial charge is 0.179 e. The molecule has 0 aliphatic heterocycles. The first-order chi connectivity index (χ1) is 9.35. The van der Waals surface area contributed by atoms with E-state index in [4.69, 9.17) is 0 Å². The molecule has 0 aromatic heterocycles. The molecule has 1 aromatic carbocycles. The Hall–Kier alpha value is -0.590. The third-order valence-corrected chi connectivity index (χ3v) is 4.50. The van der Waals surface area contributed by atoms with Crippen LogP contribution < -0.4 is 8.93 Å². The zero-order chi connectivity index (χ0) is 15.8. The second-order valence-electron chi connectivity index (χ2n) is 4.55. The predicted molar refractivity (Wildman–Crippen MR) is 85.8 cm³/mol. The average molecular weight is 411 g/mol. The number of quaternary nitrogens is 1. The highest BCUT2D eigenvalue weighted by Gasteiger charge is 2.11. The van der Waals surface area contributed by atoms with Crippen LogP contribution in [-0.4, -0.2) is 37.1 Å².